The number of rotatable bonds is 6. The van der Waals surface area contributed by atoms with Crippen LogP contribution in [0.25, 0.3) is 144 Å². The molecule has 16 aromatic rings. The van der Waals surface area contributed by atoms with E-state index < -0.39 is 0 Å². The van der Waals surface area contributed by atoms with E-state index in [2.05, 4.69) is 264 Å². The summed E-state index contributed by atoms with van der Waals surface area (Å²) in [7, 11) is 0. The van der Waals surface area contributed by atoms with Gasteiger partial charge in [-0.1, -0.05) is 172 Å². The largest absolute Gasteiger partial charge is 0.510 e. The number of pyridine rings is 1. The number of hydrogen-bond acceptors (Lipinski definition) is 3. The summed E-state index contributed by atoms with van der Waals surface area (Å²) >= 11 is 0. The van der Waals surface area contributed by atoms with Crippen LogP contribution in [-0.2, 0) is 26.5 Å². The van der Waals surface area contributed by atoms with Crippen molar-refractivity contribution < 1.29 is 34.8 Å². The molecule has 0 fully saturated rings. The number of nitrogens with zero attached hydrogens (tertiary/aromatic N) is 5. The normalized spacial score (nSPS) is 12.1. The van der Waals surface area contributed by atoms with Gasteiger partial charge >= 0.3 is 0 Å². The molecule has 84 heavy (non-hydrogen) atoms. The van der Waals surface area contributed by atoms with Crippen molar-refractivity contribution in [3.8, 4) is 78.9 Å². The van der Waals surface area contributed by atoms with Crippen LogP contribution < -0.4 is 9.30 Å². The molecule has 1 aliphatic rings. The Morgan fingerprint density at radius 2 is 1.05 bits per heavy atom. The minimum absolute atomic E-state index is 0. The minimum atomic E-state index is -0.0620. The quantitative estimate of drug-likeness (QED) is 0.123. The number of imidazole rings is 1. The average molecular weight is 1260 g/mol. The van der Waals surface area contributed by atoms with Crippen LogP contribution in [0.1, 0.15) is 26.3 Å². The molecule has 0 N–H and O–H groups in total. The Bertz CT molecular complexity index is 5330. The molecular formula is C76H49N5O2Pt-2. The third kappa shape index (κ3) is 7.62. The fourth-order valence-corrected chi connectivity index (χ4v) is 13.0. The average Bonchev–Trinajstić information content (AvgIpc) is 4.42. The van der Waals surface area contributed by atoms with Crippen molar-refractivity contribution in [2.75, 3.05) is 0 Å². The van der Waals surface area contributed by atoms with Crippen LogP contribution in [0.4, 0.5) is 0 Å². The van der Waals surface area contributed by atoms with E-state index in [0.717, 1.165) is 133 Å². The van der Waals surface area contributed by atoms with Crippen molar-refractivity contribution >= 4 is 76.6 Å². The maximum Gasteiger partial charge on any atom is 0.268 e. The molecule has 5 aromatic heterocycles. The SMILES string of the molecule is CC(C)(C)c1ccnc(-n2c3[c-]c(Oc4[c-]c(-n5[c-][n+]6c7c(cc(-c8ccc9oc%10ccccc%10c9c8)cc75)-c5ccccc5-c5ccccc5-c5cccc(-n7c8ccccc8c8ccccc87)c5-6)ccc4)ccc3c3ccccc32)c1.[Pt]. The van der Waals surface area contributed by atoms with Gasteiger partial charge in [0.2, 0.25) is 0 Å². The van der Waals surface area contributed by atoms with Crippen LogP contribution in [0.15, 0.2) is 247 Å². The van der Waals surface area contributed by atoms with E-state index in [4.69, 9.17) is 14.1 Å². The Kier molecular flexibility index (Phi) is 11.2. The molecular weight excluding hydrogens is 1210 g/mol. The van der Waals surface area contributed by atoms with Gasteiger partial charge in [-0.05, 0) is 127 Å². The summed E-state index contributed by atoms with van der Waals surface area (Å²) in [6.45, 7) is 6.69. The molecule has 0 atom stereocenters. The van der Waals surface area contributed by atoms with Crippen molar-refractivity contribution in [1.29, 1.82) is 0 Å². The first-order valence-electron chi connectivity index (χ1n) is 28.2. The van der Waals surface area contributed by atoms with Gasteiger partial charge in [-0.25, -0.2) is 4.98 Å². The van der Waals surface area contributed by atoms with Crippen LogP contribution in [0.3, 0.4) is 0 Å². The first-order valence-corrected chi connectivity index (χ1v) is 28.2. The van der Waals surface area contributed by atoms with Gasteiger partial charge in [-0.15, -0.1) is 29.7 Å². The fourth-order valence-electron chi connectivity index (χ4n) is 13.0. The molecule has 1 aliphatic heterocycles. The third-order valence-corrected chi connectivity index (χ3v) is 16.9. The molecule has 0 unspecified atom stereocenters. The van der Waals surface area contributed by atoms with Gasteiger partial charge in [-0.3, -0.25) is 4.57 Å². The van der Waals surface area contributed by atoms with Gasteiger partial charge in [0.1, 0.15) is 17.0 Å². The topological polar surface area (TPSA) is 53.9 Å². The van der Waals surface area contributed by atoms with Gasteiger partial charge in [0, 0.05) is 65.8 Å². The summed E-state index contributed by atoms with van der Waals surface area (Å²) in [6, 6.07) is 91.9. The van der Waals surface area contributed by atoms with Crippen LogP contribution in [0.5, 0.6) is 11.5 Å². The molecule has 0 bridgehead atoms. The first-order chi connectivity index (χ1) is 40.8. The summed E-state index contributed by atoms with van der Waals surface area (Å²) < 4.78 is 22.4. The molecule has 0 saturated heterocycles. The van der Waals surface area contributed by atoms with Crippen molar-refractivity contribution in [1.82, 2.24) is 18.7 Å². The summed E-state index contributed by atoms with van der Waals surface area (Å²) in [5.74, 6) is 1.93. The summed E-state index contributed by atoms with van der Waals surface area (Å²) in [5.41, 5.74) is 20.5. The van der Waals surface area contributed by atoms with Gasteiger partial charge in [0.05, 0.1) is 33.4 Å². The zero-order valence-corrected chi connectivity index (χ0v) is 48.2. The van der Waals surface area contributed by atoms with E-state index in [1.54, 1.807) is 0 Å². The van der Waals surface area contributed by atoms with E-state index in [0.29, 0.717) is 11.5 Å². The predicted molar refractivity (Wildman–Crippen MR) is 336 cm³/mol. The number of para-hydroxylation sites is 5. The third-order valence-electron chi connectivity index (χ3n) is 16.9. The van der Waals surface area contributed by atoms with Gasteiger partial charge in [0.15, 0.2) is 0 Å². The number of furan rings is 1. The summed E-state index contributed by atoms with van der Waals surface area (Å²) in [6.07, 6.45) is 5.96. The van der Waals surface area contributed by atoms with E-state index in [9.17, 15) is 0 Å². The maximum atomic E-state index is 6.91. The van der Waals surface area contributed by atoms with Gasteiger partial charge in [-0.2, -0.15) is 18.2 Å². The molecule has 0 radical (unpaired) electrons. The standard InChI is InChI=1S/C76H49N5O2.Pt/c1-76(2,3)49-38-39-77-73(43-49)81-67-31-14-10-26-59(67)60-36-35-52(45-69(60)81)82-51-19-16-18-50(44-51)78-46-79-74-62(28-17-32-68(74)80-65-29-12-8-24-57(65)58-25-9-13-30-66(58)80)55-22-6-4-20-53(55)54-21-5-7-23-56(54)64-41-48(42-70(78)75(64)79)47-34-37-72-63(40-47)61-27-11-15-33-71(61)83-72;/h4-43H,1-3H3;/q-2;. The van der Waals surface area contributed by atoms with Gasteiger partial charge < -0.3 is 22.9 Å². The Labute approximate surface area is 498 Å². The van der Waals surface area contributed by atoms with E-state index in [1.165, 1.54) is 16.3 Å². The molecule has 402 valence electrons. The fraction of sp³-hybridized carbons (Fsp3) is 0.0526. The first kappa shape index (κ1) is 49.7. The minimum Gasteiger partial charge on any atom is -0.510 e. The molecule has 0 saturated carbocycles. The Balaban J connectivity index is 0.00000577. The van der Waals surface area contributed by atoms with Crippen LogP contribution in [0, 0.1) is 18.5 Å². The second-order valence-electron chi connectivity index (χ2n) is 22.7. The number of fused-ring (bicyclic) bond motifs is 16. The predicted octanol–water partition coefficient (Wildman–Crippen LogP) is 18.9. The molecule has 0 amide bonds. The van der Waals surface area contributed by atoms with Gasteiger partial charge in [0.25, 0.3) is 6.33 Å². The smallest absolute Gasteiger partial charge is 0.268 e. The summed E-state index contributed by atoms with van der Waals surface area (Å²) in [5, 5.41) is 6.72. The van der Waals surface area contributed by atoms with Crippen molar-refractivity contribution in [2.45, 2.75) is 26.2 Å². The van der Waals surface area contributed by atoms with Crippen molar-refractivity contribution in [3.05, 3.63) is 267 Å². The molecule has 0 spiro atoms. The molecule has 8 heteroatoms. The van der Waals surface area contributed by atoms with E-state index in [-0.39, 0.29) is 26.5 Å². The summed E-state index contributed by atoms with van der Waals surface area (Å²) in [4.78, 5) is 4.93. The zero-order valence-electron chi connectivity index (χ0n) is 46.0. The van der Waals surface area contributed by atoms with E-state index in [1.807, 2.05) is 36.5 Å². The number of benzene rings is 11. The Morgan fingerprint density at radius 1 is 0.452 bits per heavy atom. The van der Waals surface area contributed by atoms with E-state index >= 15 is 0 Å². The van der Waals surface area contributed by atoms with Crippen molar-refractivity contribution in [2.24, 2.45) is 0 Å². The Morgan fingerprint density at radius 3 is 1.77 bits per heavy atom. The van der Waals surface area contributed by atoms with Crippen LogP contribution in [-0.4, -0.2) is 18.7 Å². The molecule has 11 aromatic carbocycles. The maximum absolute atomic E-state index is 6.91. The molecule has 0 aliphatic carbocycles. The van der Waals surface area contributed by atoms with Crippen LogP contribution >= 0.6 is 0 Å². The molecule has 6 heterocycles. The Hall–Kier alpha value is -10.1. The zero-order chi connectivity index (χ0) is 55.1. The monoisotopic (exact) mass is 1260 g/mol. The van der Waals surface area contributed by atoms with Crippen molar-refractivity contribution in [3.63, 3.8) is 0 Å². The second-order valence-corrected chi connectivity index (χ2v) is 22.7. The number of hydrogen-bond donors (Lipinski definition) is 0. The number of ether oxygens (including phenoxy) is 1. The molecule has 7 nitrogen and oxygen atoms in total. The number of aromatic nitrogens is 5. The molecule has 17 rings (SSSR count). The second kappa shape index (κ2) is 19.0. The van der Waals surface area contributed by atoms with Crippen LogP contribution in [0.2, 0.25) is 0 Å².